The van der Waals surface area contributed by atoms with Crippen LogP contribution in [0, 0.1) is 11.8 Å². The summed E-state index contributed by atoms with van der Waals surface area (Å²) in [6.07, 6.45) is 0.844. The highest BCUT2D eigenvalue weighted by atomic mass is 28.3. The molecular weight excluding hydrogens is 466 g/mol. The molecule has 0 N–H and O–H groups in total. The fourth-order valence-electron chi connectivity index (χ4n) is 5.44. The van der Waals surface area contributed by atoms with Gasteiger partial charge >= 0.3 is 0 Å². The fourth-order valence-corrected chi connectivity index (χ4v) is 9.57. The van der Waals surface area contributed by atoms with Crippen molar-refractivity contribution < 1.29 is 4.79 Å². The van der Waals surface area contributed by atoms with Gasteiger partial charge in [-0.2, -0.15) is 0 Å². The van der Waals surface area contributed by atoms with Crippen LogP contribution in [0.3, 0.4) is 0 Å². The topological polar surface area (TPSA) is 20.3 Å². The summed E-state index contributed by atoms with van der Waals surface area (Å²) < 4.78 is 0. The Labute approximate surface area is 227 Å². The average molecular weight is 514 g/mol. The van der Waals surface area contributed by atoms with E-state index >= 15 is 0 Å². The normalized spacial score (nSPS) is 14.1. The molecule has 0 amide bonds. The van der Waals surface area contributed by atoms with Crippen molar-refractivity contribution in [3.05, 3.63) is 108 Å². The van der Waals surface area contributed by atoms with Crippen LogP contribution in [0.5, 0.6) is 0 Å². The van der Waals surface area contributed by atoms with Crippen molar-refractivity contribution in [1.82, 2.24) is 4.90 Å². The van der Waals surface area contributed by atoms with Gasteiger partial charge in [-0.3, -0.25) is 9.69 Å². The molecule has 0 fully saturated rings. The predicted octanol–water partition coefficient (Wildman–Crippen LogP) is 8.65. The van der Waals surface area contributed by atoms with Crippen LogP contribution in [0.15, 0.2) is 91.0 Å². The van der Waals surface area contributed by atoms with Gasteiger partial charge in [0.05, 0.1) is 8.07 Å². The summed E-state index contributed by atoms with van der Waals surface area (Å²) in [6.45, 7) is 19.0. The highest BCUT2D eigenvalue weighted by Crippen LogP contribution is 2.51. The Balaban J connectivity index is 1.88. The number of carbonyl (C=O) groups excluding carboxylic acids is 1. The Morgan fingerprint density at radius 2 is 1.14 bits per heavy atom. The average Bonchev–Trinajstić information content (AvgIpc) is 2.88. The van der Waals surface area contributed by atoms with E-state index in [9.17, 15) is 4.79 Å². The molecule has 2 atom stereocenters. The number of hydrogen-bond donors (Lipinski definition) is 0. The molecule has 0 aliphatic rings. The number of benzene rings is 3. The molecule has 0 bridgehead atoms. The van der Waals surface area contributed by atoms with Gasteiger partial charge in [-0.25, -0.2) is 0 Å². The highest BCUT2D eigenvalue weighted by molar-refractivity contribution is 6.84. The van der Waals surface area contributed by atoms with Gasteiger partial charge in [0.25, 0.3) is 0 Å². The summed E-state index contributed by atoms with van der Waals surface area (Å²) in [5, 5.41) is 0.148. The Hall–Kier alpha value is -2.49. The third-order valence-corrected chi connectivity index (χ3v) is 15.2. The SMILES string of the molecule is CC(C)C(C)(C)[Si](C)(C)[C@@H](Cc1ccccc1)C(=O)[C@H](C)CN(Cc1ccccc1)Cc1ccccc1. The molecule has 0 aliphatic heterocycles. The van der Waals surface area contributed by atoms with Gasteiger partial charge in [-0.1, -0.05) is 139 Å². The Kier molecular flexibility index (Phi) is 10.1. The molecule has 0 heterocycles. The minimum atomic E-state index is -2.00. The smallest absolute Gasteiger partial charge is 0.137 e. The van der Waals surface area contributed by atoms with E-state index in [4.69, 9.17) is 0 Å². The molecular formula is C34H47NOSi. The summed E-state index contributed by atoms with van der Waals surface area (Å²) in [5.41, 5.74) is 3.93. The molecule has 3 rings (SSSR count). The standard InChI is InChI=1S/C34H47NOSi/c1-27(2)34(4,5)37(6,7)32(23-29-17-11-8-12-18-29)33(36)28(3)24-35(25-30-19-13-9-14-20-30)26-31-21-15-10-16-22-31/h8-22,27-28,32H,23-26H2,1-7H3/t28-,32+/m1/s1. The zero-order chi connectivity index (χ0) is 27.1. The summed E-state index contributed by atoms with van der Waals surface area (Å²) in [4.78, 5) is 16.9. The third kappa shape index (κ3) is 7.52. The Morgan fingerprint density at radius 1 is 0.730 bits per heavy atom. The van der Waals surface area contributed by atoms with Gasteiger partial charge in [-0.15, -0.1) is 0 Å². The molecule has 3 heteroatoms. The lowest BCUT2D eigenvalue weighted by Crippen LogP contribution is -2.51. The predicted molar refractivity (Wildman–Crippen MR) is 161 cm³/mol. The van der Waals surface area contributed by atoms with Crippen LogP contribution >= 0.6 is 0 Å². The minimum absolute atomic E-state index is 0.0316. The lowest BCUT2D eigenvalue weighted by Gasteiger charge is -2.48. The molecule has 3 aromatic carbocycles. The van der Waals surface area contributed by atoms with Gasteiger partial charge in [0, 0.05) is 31.1 Å². The molecule has 2 nitrogen and oxygen atoms in total. The van der Waals surface area contributed by atoms with E-state index < -0.39 is 8.07 Å². The summed E-state index contributed by atoms with van der Waals surface area (Å²) in [5.74, 6) is 0.944. The zero-order valence-corrected chi connectivity index (χ0v) is 25.1. The first-order valence-electron chi connectivity index (χ1n) is 13.9. The van der Waals surface area contributed by atoms with Crippen LogP contribution in [0.1, 0.15) is 51.3 Å². The van der Waals surface area contributed by atoms with Crippen molar-refractivity contribution in [2.24, 2.45) is 11.8 Å². The van der Waals surface area contributed by atoms with Crippen LogP contribution in [-0.4, -0.2) is 25.3 Å². The van der Waals surface area contributed by atoms with Gasteiger partial charge in [0.2, 0.25) is 0 Å². The maximum atomic E-state index is 14.4. The lowest BCUT2D eigenvalue weighted by molar-refractivity contribution is -0.123. The molecule has 0 unspecified atom stereocenters. The number of nitrogens with zero attached hydrogens (tertiary/aromatic N) is 1. The van der Waals surface area contributed by atoms with E-state index in [0.717, 1.165) is 26.1 Å². The Morgan fingerprint density at radius 3 is 1.54 bits per heavy atom. The van der Waals surface area contributed by atoms with Crippen LogP contribution in [0.25, 0.3) is 0 Å². The zero-order valence-electron chi connectivity index (χ0n) is 24.1. The van der Waals surface area contributed by atoms with E-state index in [0.29, 0.717) is 11.7 Å². The molecule has 3 aromatic rings. The van der Waals surface area contributed by atoms with E-state index in [1.165, 1.54) is 16.7 Å². The van der Waals surface area contributed by atoms with Crippen LogP contribution < -0.4 is 0 Å². The van der Waals surface area contributed by atoms with Crippen molar-refractivity contribution in [3.8, 4) is 0 Å². The molecule has 0 saturated carbocycles. The summed E-state index contributed by atoms with van der Waals surface area (Å²) in [7, 11) is -2.00. The van der Waals surface area contributed by atoms with Gasteiger partial charge in [-0.05, 0) is 34.1 Å². The molecule has 198 valence electrons. The molecule has 0 aliphatic carbocycles. The van der Waals surface area contributed by atoms with Crippen LogP contribution in [0.2, 0.25) is 23.7 Å². The van der Waals surface area contributed by atoms with E-state index in [2.05, 4.69) is 144 Å². The molecule has 0 radical (unpaired) electrons. The van der Waals surface area contributed by atoms with Crippen LogP contribution in [0.4, 0.5) is 0 Å². The number of hydrogen-bond acceptors (Lipinski definition) is 2. The molecule has 0 spiro atoms. The van der Waals surface area contributed by atoms with Gasteiger partial charge in [0.15, 0.2) is 0 Å². The summed E-state index contributed by atoms with van der Waals surface area (Å²) in [6, 6.07) is 31.9. The van der Waals surface area contributed by atoms with Crippen molar-refractivity contribution in [2.75, 3.05) is 6.54 Å². The lowest BCUT2D eigenvalue weighted by atomic mass is 9.97. The maximum absolute atomic E-state index is 14.4. The summed E-state index contributed by atoms with van der Waals surface area (Å²) >= 11 is 0. The first-order valence-corrected chi connectivity index (χ1v) is 17.0. The van der Waals surface area contributed by atoms with E-state index in [1.807, 2.05) is 0 Å². The monoisotopic (exact) mass is 513 g/mol. The number of Topliss-reactive ketones (excluding diaryl/α,β-unsaturated/α-hetero) is 1. The second-order valence-corrected chi connectivity index (χ2v) is 17.7. The Bertz CT molecular complexity index is 1050. The van der Waals surface area contributed by atoms with E-state index in [-0.39, 0.29) is 16.5 Å². The first kappa shape index (κ1) is 29.1. The van der Waals surface area contributed by atoms with Crippen molar-refractivity contribution in [3.63, 3.8) is 0 Å². The van der Waals surface area contributed by atoms with Gasteiger partial charge in [0.1, 0.15) is 5.78 Å². The second kappa shape index (κ2) is 12.8. The van der Waals surface area contributed by atoms with Crippen LogP contribution in [-0.2, 0) is 24.3 Å². The number of ketones is 1. The highest BCUT2D eigenvalue weighted by Gasteiger charge is 2.49. The molecule has 0 aromatic heterocycles. The fraction of sp³-hybridized carbons (Fsp3) is 0.441. The third-order valence-electron chi connectivity index (χ3n) is 9.12. The van der Waals surface area contributed by atoms with Gasteiger partial charge < -0.3 is 0 Å². The number of carbonyl (C=O) groups is 1. The van der Waals surface area contributed by atoms with E-state index in [1.54, 1.807) is 0 Å². The van der Waals surface area contributed by atoms with Crippen molar-refractivity contribution in [1.29, 1.82) is 0 Å². The molecule has 37 heavy (non-hydrogen) atoms. The largest absolute Gasteiger partial charge is 0.299 e. The number of rotatable bonds is 13. The first-order chi connectivity index (χ1) is 17.5. The quantitative estimate of drug-likeness (QED) is 0.213. The minimum Gasteiger partial charge on any atom is -0.299 e. The van der Waals surface area contributed by atoms with Crippen molar-refractivity contribution >= 4 is 13.9 Å². The van der Waals surface area contributed by atoms with Crippen molar-refractivity contribution in [2.45, 2.75) is 77.8 Å². The maximum Gasteiger partial charge on any atom is 0.137 e. The molecule has 0 saturated heterocycles. The second-order valence-electron chi connectivity index (χ2n) is 12.3.